The van der Waals surface area contributed by atoms with Gasteiger partial charge in [-0.3, -0.25) is 14.4 Å². The van der Waals surface area contributed by atoms with Gasteiger partial charge < -0.3 is 29.2 Å². The fourth-order valence-electron chi connectivity index (χ4n) is 5.11. The summed E-state index contributed by atoms with van der Waals surface area (Å²) < 4.78 is 56.6. The van der Waals surface area contributed by atoms with Gasteiger partial charge in [-0.15, -0.1) is 0 Å². The lowest BCUT2D eigenvalue weighted by molar-refractivity contribution is -0.139. The molecular formula is C38H32F3N3O8. The number of aromatic nitrogens is 1. The monoisotopic (exact) mass is 715 g/mol. The number of aliphatic carboxylic acids is 1. The van der Waals surface area contributed by atoms with Crippen LogP contribution in [0.25, 0.3) is 11.5 Å². The maximum absolute atomic E-state index is 13.5. The summed E-state index contributed by atoms with van der Waals surface area (Å²) in [6.45, 7) is 2.93. The van der Waals surface area contributed by atoms with Gasteiger partial charge in [-0.1, -0.05) is 18.2 Å². The zero-order valence-electron chi connectivity index (χ0n) is 28.1. The van der Waals surface area contributed by atoms with Crippen molar-refractivity contribution in [3.8, 4) is 23.0 Å². The highest BCUT2D eigenvalue weighted by atomic mass is 19.4. The van der Waals surface area contributed by atoms with Crippen molar-refractivity contribution >= 4 is 29.4 Å². The van der Waals surface area contributed by atoms with E-state index >= 15 is 0 Å². The number of rotatable bonds is 12. The highest BCUT2D eigenvalue weighted by Crippen LogP contribution is 2.35. The molecule has 2 N–H and O–H groups in total. The maximum Gasteiger partial charge on any atom is 0.416 e. The molecule has 4 aromatic carbocycles. The normalized spacial score (nSPS) is 11.1. The predicted molar refractivity (Wildman–Crippen MR) is 182 cm³/mol. The second-order valence-corrected chi connectivity index (χ2v) is 11.6. The molecule has 0 aliphatic rings. The number of aryl methyl sites for hydroxylation is 2. The fraction of sp³-hybridized carbons (Fsp3) is 0.184. The van der Waals surface area contributed by atoms with E-state index in [9.17, 15) is 37.5 Å². The molecule has 0 radical (unpaired) electrons. The zero-order chi connectivity index (χ0) is 37.6. The zero-order valence-corrected chi connectivity index (χ0v) is 28.1. The summed E-state index contributed by atoms with van der Waals surface area (Å²) in [7, 11) is 1.24. The minimum absolute atomic E-state index is 0.000292. The Morgan fingerprint density at radius 3 is 2.08 bits per heavy atom. The number of carboxylic acid groups (broad SMARTS) is 1. The van der Waals surface area contributed by atoms with Gasteiger partial charge in [0.25, 0.3) is 5.91 Å². The van der Waals surface area contributed by atoms with Crippen molar-refractivity contribution in [1.29, 1.82) is 0 Å². The number of hydrogen-bond donors (Lipinski definition) is 2. The van der Waals surface area contributed by atoms with Crippen molar-refractivity contribution < 1.29 is 51.3 Å². The molecule has 0 bridgehead atoms. The Bertz CT molecular complexity index is 2070. The first-order valence-electron chi connectivity index (χ1n) is 15.7. The first-order chi connectivity index (χ1) is 24.7. The van der Waals surface area contributed by atoms with Crippen LogP contribution in [0, 0.1) is 13.8 Å². The van der Waals surface area contributed by atoms with Gasteiger partial charge >= 0.3 is 18.1 Å². The van der Waals surface area contributed by atoms with E-state index in [0.29, 0.717) is 28.3 Å². The Hall–Kier alpha value is -6.44. The largest absolute Gasteiger partial charge is 0.497 e. The lowest BCUT2D eigenvalue weighted by Gasteiger charge is -2.21. The number of amides is 2. The molecule has 5 rings (SSSR count). The molecule has 14 heteroatoms. The minimum Gasteiger partial charge on any atom is -0.497 e. The average Bonchev–Trinajstić information content (AvgIpc) is 3.45. The number of nitrogens with zero attached hydrogens (tertiary/aromatic N) is 2. The average molecular weight is 716 g/mol. The first-order valence-corrected chi connectivity index (χ1v) is 15.7. The van der Waals surface area contributed by atoms with E-state index in [2.05, 4.69) is 10.3 Å². The number of nitrogens with one attached hydrogen (secondary N) is 1. The van der Waals surface area contributed by atoms with Crippen LogP contribution in [0.5, 0.6) is 11.5 Å². The molecule has 0 spiro atoms. The van der Waals surface area contributed by atoms with Crippen LogP contribution in [0.3, 0.4) is 0 Å². The molecule has 0 aliphatic heterocycles. The Morgan fingerprint density at radius 2 is 1.50 bits per heavy atom. The second-order valence-electron chi connectivity index (χ2n) is 11.6. The SMILES string of the molecule is COc1ccc(CC(=O)Nc2ccc(C(=O)N(CC(=O)O)Cc3ccc(OC(=O)c4ccc(-c5nc(C)c(C)o5)cc4)cc3)cc2)c(C(F)(F)F)c1. The van der Waals surface area contributed by atoms with Gasteiger partial charge in [0, 0.05) is 23.4 Å². The van der Waals surface area contributed by atoms with Crippen LogP contribution < -0.4 is 14.8 Å². The molecule has 0 atom stereocenters. The molecule has 0 saturated carbocycles. The van der Waals surface area contributed by atoms with Gasteiger partial charge in [-0.05, 0) is 97.8 Å². The van der Waals surface area contributed by atoms with E-state index in [0.717, 1.165) is 16.7 Å². The van der Waals surface area contributed by atoms with Crippen LogP contribution in [-0.2, 0) is 28.7 Å². The Labute approximate surface area is 295 Å². The second kappa shape index (κ2) is 15.6. The van der Waals surface area contributed by atoms with E-state index in [1.54, 1.807) is 36.4 Å². The molecule has 0 aliphatic carbocycles. The van der Waals surface area contributed by atoms with E-state index in [4.69, 9.17) is 13.9 Å². The summed E-state index contributed by atoms with van der Waals surface area (Å²) in [6.07, 6.45) is -5.27. The predicted octanol–water partition coefficient (Wildman–Crippen LogP) is 7.11. The summed E-state index contributed by atoms with van der Waals surface area (Å²) in [4.78, 5) is 55.7. The Morgan fingerprint density at radius 1 is 0.865 bits per heavy atom. The number of hydrogen-bond acceptors (Lipinski definition) is 8. The number of alkyl halides is 3. The van der Waals surface area contributed by atoms with Gasteiger partial charge in [0.1, 0.15) is 23.8 Å². The molecule has 0 saturated heterocycles. The van der Waals surface area contributed by atoms with Crippen molar-refractivity contribution in [3.05, 3.63) is 130 Å². The van der Waals surface area contributed by atoms with Crippen LogP contribution in [0.15, 0.2) is 95.4 Å². The molecule has 1 aromatic heterocycles. The van der Waals surface area contributed by atoms with E-state index in [-0.39, 0.29) is 34.9 Å². The molecule has 268 valence electrons. The summed E-state index contributed by atoms with van der Waals surface area (Å²) in [6, 6.07) is 21.6. The Balaban J connectivity index is 1.19. The standard InChI is InChI=1S/C38H32F3N3O8/c1-22-23(2)51-35(42-22)25-6-8-27(9-7-25)37(49)52-30-15-4-24(5-16-30)20-44(21-34(46)47)36(48)26-10-13-29(14-11-26)43-33(45)18-28-12-17-31(50-3)19-32(28)38(39,40)41/h4-17,19H,18,20-21H2,1-3H3,(H,43,45)(H,46,47). The van der Waals surface area contributed by atoms with Gasteiger partial charge in [0.05, 0.1) is 30.4 Å². The third-order valence-electron chi connectivity index (χ3n) is 7.91. The number of carbonyl (C=O) groups is 4. The molecule has 0 unspecified atom stereocenters. The van der Waals surface area contributed by atoms with Gasteiger partial charge in [0.15, 0.2) is 0 Å². The molecule has 0 fully saturated rings. The molecule has 5 aromatic rings. The van der Waals surface area contributed by atoms with Crippen molar-refractivity contribution in [2.75, 3.05) is 19.0 Å². The molecular weight excluding hydrogens is 683 g/mol. The highest BCUT2D eigenvalue weighted by molar-refractivity contribution is 5.97. The van der Waals surface area contributed by atoms with Crippen molar-refractivity contribution in [3.63, 3.8) is 0 Å². The smallest absolute Gasteiger partial charge is 0.416 e. The lowest BCUT2D eigenvalue weighted by Crippen LogP contribution is -2.35. The third-order valence-corrected chi connectivity index (χ3v) is 7.91. The molecule has 11 nitrogen and oxygen atoms in total. The topological polar surface area (TPSA) is 148 Å². The number of benzene rings is 4. The van der Waals surface area contributed by atoms with E-state index in [1.807, 2.05) is 13.8 Å². The number of carbonyl (C=O) groups excluding carboxylic acids is 3. The van der Waals surface area contributed by atoms with Gasteiger partial charge in [-0.25, -0.2) is 9.78 Å². The number of halogens is 3. The number of carboxylic acids is 1. The Kier molecular flexibility index (Phi) is 11.1. The van der Waals surface area contributed by atoms with Crippen LogP contribution in [0.1, 0.15) is 48.9 Å². The summed E-state index contributed by atoms with van der Waals surface area (Å²) in [5.74, 6) is -1.83. The summed E-state index contributed by atoms with van der Waals surface area (Å²) in [5, 5.41) is 12.0. The van der Waals surface area contributed by atoms with Crippen LogP contribution in [0.2, 0.25) is 0 Å². The number of esters is 1. The number of ether oxygens (including phenoxy) is 2. The summed E-state index contributed by atoms with van der Waals surface area (Å²) in [5.41, 5.74) is 1.41. The van der Waals surface area contributed by atoms with Crippen LogP contribution >= 0.6 is 0 Å². The molecule has 52 heavy (non-hydrogen) atoms. The number of oxazole rings is 1. The van der Waals surface area contributed by atoms with Gasteiger partial charge in [-0.2, -0.15) is 13.2 Å². The molecule has 1 heterocycles. The van der Waals surface area contributed by atoms with E-state index in [1.165, 1.54) is 55.6 Å². The third kappa shape index (κ3) is 9.21. The van der Waals surface area contributed by atoms with Crippen molar-refractivity contribution in [2.45, 2.75) is 33.0 Å². The van der Waals surface area contributed by atoms with Crippen molar-refractivity contribution in [2.24, 2.45) is 0 Å². The fourth-order valence-corrected chi connectivity index (χ4v) is 5.11. The maximum atomic E-state index is 13.5. The quantitative estimate of drug-likeness (QED) is 0.102. The van der Waals surface area contributed by atoms with E-state index < -0.39 is 48.5 Å². The van der Waals surface area contributed by atoms with Crippen molar-refractivity contribution in [1.82, 2.24) is 9.88 Å². The molecule has 2 amide bonds. The minimum atomic E-state index is -4.70. The van der Waals surface area contributed by atoms with Crippen LogP contribution in [0.4, 0.5) is 18.9 Å². The lowest BCUT2D eigenvalue weighted by atomic mass is 10.0. The van der Waals surface area contributed by atoms with Gasteiger partial charge in [0.2, 0.25) is 11.8 Å². The number of anilines is 1. The van der Waals surface area contributed by atoms with Crippen LogP contribution in [-0.4, -0.2) is 52.4 Å². The number of methoxy groups -OCH3 is 1. The first kappa shape index (κ1) is 36.8. The summed E-state index contributed by atoms with van der Waals surface area (Å²) >= 11 is 0. The highest BCUT2D eigenvalue weighted by Gasteiger charge is 2.34.